The lowest BCUT2D eigenvalue weighted by Gasteiger charge is -2.46. The quantitative estimate of drug-likeness (QED) is 0.861. The van der Waals surface area contributed by atoms with Gasteiger partial charge in [-0.3, -0.25) is 4.79 Å². The molecule has 0 saturated carbocycles. The molecule has 2 rings (SSSR count). The third-order valence-electron chi connectivity index (χ3n) is 3.43. The summed E-state index contributed by atoms with van der Waals surface area (Å²) in [5, 5.41) is 9.91. The maximum atomic E-state index is 12.2. The molecule has 1 aromatic rings. The Bertz CT molecular complexity index is 405. The van der Waals surface area contributed by atoms with Crippen molar-refractivity contribution < 1.29 is 9.90 Å². The van der Waals surface area contributed by atoms with E-state index < -0.39 is 5.60 Å². The molecule has 1 aliphatic rings. The van der Waals surface area contributed by atoms with Gasteiger partial charge >= 0.3 is 0 Å². The van der Waals surface area contributed by atoms with Crippen LogP contribution in [0.4, 0.5) is 0 Å². The second kappa shape index (κ2) is 4.53. The van der Waals surface area contributed by atoms with Crippen molar-refractivity contribution in [3.63, 3.8) is 0 Å². The molecule has 1 amide bonds. The zero-order valence-electron chi connectivity index (χ0n) is 10.5. The van der Waals surface area contributed by atoms with E-state index in [9.17, 15) is 9.90 Å². The molecule has 0 aromatic carbocycles. The second-order valence-electron chi connectivity index (χ2n) is 4.83. The van der Waals surface area contributed by atoms with Crippen molar-refractivity contribution >= 4 is 5.91 Å². The molecule has 1 fully saturated rings. The minimum absolute atomic E-state index is 0.0292. The fraction of sp³-hybridized carbons (Fsp3) is 0.615. The Morgan fingerprint density at radius 2 is 2.18 bits per heavy atom. The standard InChI is InChI=1S/C13H20N2O2/c1-3-7-14-8-5-6-11(14)12(16)15-9-13(17,4-2)10-15/h5-6,8,17H,3-4,7,9-10H2,1-2H3. The van der Waals surface area contributed by atoms with Gasteiger partial charge in [0, 0.05) is 12.7 Å². The van der Waals surface area contributed by atoms with Gasteiger partial charge in [0.15, 0.2) is 0 Å². The number of likely N-dealkylation sites (tertiary alicyclic amines) is 1. The topological polar surface area (TPSA) is 45.5 Å². The Morgan fingerprint density at radius 3 is 2.76 bits per heavy atom. The molecule has 17 heavy (non-hydrogen) atoms. The zero-order valence-corrected chi connectivity index (χ0v) is 10.5. The lowest BCUT2D eigenvalue weighted by Crippen LogP contribution is -2.63. The first kappa shape index (κ1) is 12.2. The highest BCUT2D eigenvalue weighted by Gasteiger charge is 2.42. The average molecular weight is 236 g/mol. The summed E-state index contributed by atoms with van der Waals surface area (Å²) in [6.07, 6.45) is 3.64. The number of carbonyl (C=O) groups excluding carboxylic acids is 1. The minimum Gasteiger partial charge on any atom is -0.386 e. The predicted octanol–water partition coefficient (Wildman–Crippen LogP) is 1.49. The van der Waals surface area contributed by atoms with Gasteiger partial charge in [0.05, 0.1) is 18.7 Å². The monoisotopic (exact) mass is 236 g/mol. The molecule has 1 aromatic heterocycles. The van der Waals surface area contributed by atoms with Crippen LogP contribution in [-0.4, -0.2) is 39.2 Å². The van der Waals surface area contributed by atoms with Crippen LogP contribution >= 0.6 is 0 Å². The summed E-state index contributed by atoms with van der Waals surface area (Å²) in [5.41, 5.74) is 0.0719. The summed E-state index contributed by atoms with van der Waals surface area (Å²) in [6, 6.07) is 3.75. The first-order chi connectivity index (χ1) is 8.09. The lowest BCUT2D eigenvalue weighted by molar-refractivity contribution is -0.0829. The van der Waals surface area contributed by atoms with Crippen molar-refractivity contribution in [3.05, 3.63) is 24.0 Å². The fourth-order valence-corrected chi connectivity index (χ4v) is 2.24. The summed E-state index contributed by atoms with van der Waals surface area (Å²) in [4.78, 5) is 13.9. The van der Waals surface area contributed by atoms with Crippen LogP contribution in [0.15, 0.2) is 18.3 Å². The van der Waals surface area contributed by atoms with Gasteiger partial charge in [0.2, 0.25) is 0 Å². The van der Waals surface area contributed by atoms with Crippen molar-refractivity contribution in [3.8, 4) is 0 Å². The van der Waals surface area contributed by atoms with E-state index in [0.717, 1.165) is 18.7 Å². The Kier molecular flexibility index (Phi) is 3.24. The Labute approximate surface area is 102 Å². The Balaban J connectivity index is 2.04. The van der Waals surface area contributed by atoms with E-state index in [2.05, 4.69) is 6.92 Å². The molecule has 0 aliphatic carbocycles. The van der Waals surface area contributed by atoms with E-state index in [1.54, 1.807) is 4.90 Å². The molecule has 2 heterocycles. The SMILES string of the molecule is CCCn1cccc1C(=O)N1CC(O)(CC)C1. The van der Waals surface area contributed by atoms with Gasteiger partial charge in [0.25, 0.3) is 5.91 Å². The normalized spacial score (nSPS) is 17.9. The van der Waals surface area contributed by atoms with E-state index in [4.69, 9.17) is 0 Å². The van der Waals surface area contributed by atoms with Gasteiger partial charge < -0.3 is 14.6 Å². The molecular formula is C13H20N2O2. The fourth-order valence-electron chi connectivity index (χ4n) is 2.24. The van der Waals surface area contributed by atoms with Crippen LogP contribution in [0.3, 0.4) is 0 Å². The number of hydrogen-bond donors (Lipinski definition) is 1. The van der Waals surface area contributed by atoms with Crippen molar-refractivity contribution in [1.29, 1.82) is 0 Å². The maximum absolute atomic E-state index is 12.2. The molecule has 0 radical (unpaired) electrons. The van der Waals surface area contributed by atoms with Crippen LogP contribution in [0.1, 0.15) is 37.2 Å². The van der Waals surface area contributed by atoms with E-state index in [1.807, 2.05) is 29.8 Å². The van der Waals surface area contributed by atoms with E-state index in [1.165, 1.54) is 0 Å². The minimum atomic E-state index is -0.655. The number of nitrogens with zero attached hydrogens (tertiary/aromatic N) is 2. The molecule has 0 atom stereocenters. The Hall–Kier alpha value is -1.29. The lowest BCUT2D eigenvalue weighted by atomic mass is 9.91. The van der Waals surface area contributed by atoms with Crippen molar-refractivity contribution in [2.45, 2.75) is 38.8 Å². The predicted molar refractivity (Wildman–Crippen MR) is 65.9 cm³/mol. The van der Waals surface area contributed by atoms with Gasteiger partial charge in [-0.15, -0.1) is 0 Å². The summed E-state index contributed by atoms with van der Waals surface area (Å²) < 4.78 is 1.98. The number of β-amino-alcohol motifs (C(OH)–C–C–N with tert-alkyl or cyclic N) is 1. The van der Waals surface area contributed by atoms with E-state index in [-0.39, 0.29) is 5.91 Å². The van der Waals surface area contributed by atoms with E-state index >= 15 is 0 Å². The first-order valence-corrected chi connectivity index (χ1v) is 6.26. The maximum Gasteiger partial charge on any atom is 0.270 e. The Morgan fingerprint density at radius 1 is 1.47 bits per heavy atom. The number of aliphatic hydroxyl groups is 1. The molecule has 0 unspecified atom stereocenters. The summed E-state index contributed by atoms with van der Waals surface area (Å²) in [7, 11) is 0. The van der Waals surface area contributed by atoms with Crippen molar-refractivity contribution in [2.24, 2.45) is 0 Å². The molecule has 94 valence electrons. The molecular weight excluding hydrogens is 216 g/mol. The molecule has 4 nitrogen and oxygen atoms in total. The molecule has 4 heteroatoms. The van der Waals surface area contributed by atoms with Crippen LogP contribution in [0.5, 0.6) is 0 Å². The molecule has 1 aliphatic heterocycles. The number of aromatic nitrogens is 1. The number of amides is 1. The van der Waals surface area contributed by atoms with Crippen LogP contribution in [-0.2, 0) is 6.54 Å². The van der Waals surface area contributed by atoms with Gasteiger partial charge in [-0.25, -0.2) is 0 Å². The molecule has 0 bridgehead atoms. The van der Waals surface area contributed by atoms with Crippen molar-refractivity contribution in [1.82, 2.24) is 9.47 Å². The third kappa shape index (κ3) is 2.22. The highest BCUT2D eigenvalue weighted by molar-refractivity contribution is 5.93. The molecule has 1 saturated heterocycles. The van der Waals surface area contributed by atoms with Crippen LogP contribution in [0, 0.1) is 0 Å². The largest absolute Gasteiger partial charge is 0.386 e. The number of aryl methyl sites for hydroxylation is 1. The summed E-state index contributed by atoms with van der Waals surface area (Å²) in [6.45, 7) is 5.81. The molecule has 1 N–H and O–H groups in total. The van der Waals surface area contributed by atoms with Gasteiger partial charge in [-0.2, -0.15) is 0 Å². The second-order valence-corrected chi connectivity index (χ2v) is 4.83. The molecule has 0 spiro atoms. The summed E-state index contributed by atoms with van der Waals surface area (Å²) in [5.74, 6) is 0.0292. The van der Waals surface area contributed by atoms with Crippen LogP contribution in [0.2, 0.25) is 0 Å². The van der Waals surface area contributed by atoms with E-state index in [0.29, 0.717) is 19.5 Å². The van der Waals surface area contributed by atoms with Crippen LogP contribution < -0.4 is 0 Å². The number of rotatable bonds is 4. The van der Waals surface area contributed by atoms with Gasteiger partial charge in [-0.1, -0.05) is 13.8 Å². The highest BCUT2D eigenvalue weighted by Crippen LogP contribution is 2.25. The summed E-state index contributed by atoms with van der Waals surface area (Å²) >= 11 is 0. The van der Waals surface area contributed by atoms with Gasteiger partial charge in [-0.05, 0) is 25.0 Å². The number of carbonyl (C=O) groups is 1. The average Bonchev–Trinajstić information content (AvgIpc) is 2.72. The zero-order chi connectivity index (χ0) is 12.5. The third-order valence-corrected chi connectivity index (χ3v) is 3.43. The van der Waals surface area contributed by atoms with Crippen molar-refractivity contribution in [2.75, 3.05) is 13.1 Å². The highest BCUT2D eigenvalue weighted by atomic mass is 16.3. The van der Waals surface area contributed by atoms with Gasteiger partial charge in [0.1, 0.15) is 5.69 Å². The smallest absolute Gasteiger partial charge is 0.270 e. The first-order valence-electron chi connectivity index (χ1n) is 6.26. The number of hydrogen-bond acceptors (Lipinski definition) is 2. The van der Waals surface area contributed by atoms with Crippen LogP contribution in [0.25, 0.3) is 0 Å².